The lowest BCUT2D eigenvalue weighted by molar-refractivity contribution is 0.147. The van der Waals surface area contributed by atoms with Gasteiger partial charge in [0.2, 0.25) is 0 Å². The highest BCUT2D eigenvalue weighted by Crippen LogP contribution is 2.16. The SMILES string of the molecule is CCCCCC(O)CCCCCCCCCCCCC(CC)S(=O)(=O)O. The van der Waals surface area contributed by atoms with Gasteiger partial charge in [0.1, 0.15) is 0 Å². The van der Waals surface area contributed by atoms with Crippen LogP contribution in [0, 0.1) is 0 Å². The molecule has 0 saturated carbocycles. The molecule has 0 aromatic heterocycles. The fraction of sp³-hybridized carbons (Fsp3) is 1.00. The topological polar surface area (TPSA) is 74.6 Å². The van der Waals surface area contributed by atoms with Gasteiger partial charge in [-0.15, -0.1) is 0 Å². The molecule has 0 aliphatic rings. The van der Waals surface area contributed by atoms with E-state index in [1.807, 2.05) is 6.92 Å². The zero-order valence-electron chi connectivity index (χ0n) is 17.3. The highest BCUT2D eigenvalue weighted by molar-refractivity contribution is 7.86. The maximum Gasteiger partial charge on any atom is 0.267 e. The van der Waals surface area contributed by atoms with Gasteiger partial charge in [0.05, 0.1) is 11.4 Å². The van der Waals surface area contributed by atoms with E-state index in [1.54, 1.807) is 0 Å². The average Bonchev–Trinajstić information content (AvgIpc) is 2.58. The van der Waals surface area contributed by atoms with Gasteiger partial charge in [-0.05, 0) is 25.7 Å². The number of unbranched alkanes of at least 4 members (excludes halogenated alkanes) is 11. The van der Waals surface area contributed by atoms with Crippen LogP contribution in [0.25, 0.3) is 0 Å². The minimum Gasteiger partial charge on any atom is -0.393 e. The van der Waals surface area contributed by atoms with Gasteiger partial charge in [-0.25, -0.2) is 0 Å². The molecule has 2 unspecified atom stereocenters. The third-order valence-electron chi connectivity index (χ3n) is 5.33. The number of rotatable bonds is 19. The second-order valence-electron chi connectivity index (χ2n) is 7.81. The summed E-state index contributed by atoms with van der Waals surface area (Å²) in [6.45, 7) is 4.00. The number of aliphatic hydroxyl groups is 1. The Hall–Kier alpha value is -0.130. The summed E-state index contributed by atoms with van der Waals surface area (Å²) in [5.74, 6) is 0. The van der Waals surface area contributed by atoms with Crippen LogP contribution in [0.1, 0.15) is 123 Å². The molecule has 0 aromatic carbocycles. The highest BCUT2D eigenvalue weighted by atomic mass is 32.2. The summed E-state index contributed by atoms with van der Waals surface area (Å²) in [5.41, 5.74) is 0. The zero-order chi connectivity index (χ0) is 19.7. The first-order chi connectivity index (χ1) is 12.4. The number of hydrogen-bond acceptors (Lipinski definition) is 3. The monoisotopic (exact) mass is 392 g/mol. The first-order valence-corrected chi connectivity index (χ1v) is 12.6. The molecule has 0 amide bonds. The van der Waals surface area contributed by atoms with E-state index in [9.17, 15) is 13.5 Å². The van der Waals surface area contributed by atoms with Crippen molar-refractivity contribution in [2.45, 2.75) is 134 Å². The van der Waals surface area contributed by atoms with Crippen LogP contribution < -0.4 is 0 Å². The molecule has 0 aliphatic heterocycles. The van der Waals surface area contributed by atoms with E-state index in [-0.39, 0.29) is 6.10 Å². The molecule has 0 fully saturated rings. The van der Waals surface area contributed by atoms with Crippen molar-refractivity contribution in [1.82, 2.24) is 0 Å². The maximum atomic E-state index is 11.1. The predicted octanol–water partition coefficient (Wildman–Crippen LogP) is 6.28. The van der Waals surface area contributed by atoms with E-state index >= 15 is 0 Å². The van der Waals surface area contributed by atoms with Crippen molar-refractivity contribution in [3.05, 3.63) is 0 Å². The third-order valence-corrected chi connectivity index (χ3v) is 6.74. The van der Waals surface area contributed by atoms with Crippen molar-refractivity contribution >= 4 is 10.1 Å². The molecule has 0 heterocycles. The number of hydrogen-bond donors (Lipinski definition) is 2. The summed E-state index contributed by atoms with van der Waals surface area (Å²) in [6.07, 6.45) is 18.3. The molecule has 0 saturated heterocycles. The molecule has 0 spiro atoms. The maximum absolute atomic E-state index is 11.1. The van der Waals surface area contributed by atoms with Crippen LogP contribution in [0.4, 0.5) is 0 Å². The molecule has 0 aliphatic carbocycles. The molecule has 5 heteroatoms. The lowest BCUT2D eigenvalue weighted by Crippen LogP contribution is -2.19. The fourth-order valence-electron chi connectivity index (χ4n) is 3.50. The van der Waals surface area contributed by atoms with Crippen LogP contribution >= 0.6 is 0 Å². The smallest absolute Gasteiger partial charge is 0.267 e. The van der Waals surface area contributed by atoms with E-state index in [0.29, 0.717) is 12.8 Å². The predicted molar refractivity (Wildman–Crippen MR) is 111 cm³/mol. The van der Waals surface area contributed by atoms with Crippen molar-refractivity contribution in [3.8, 4) is 0 Å². The van der Waals surface area contributed by atoms with Crippen LogP contribution in [0.15, 0.2) is 0 Å². The Kier molecular flexibility index (Phi) is 16.9. The van der Waals surface area contributed by atoms with Crippen molar-refractivity contribution in [1.29, 1.82) is 0 Å². The molecule has 2 N–H and O–H groups in total. The lowest BCUT2D eigenvalue weighted by Gasteiger charge is -2.11. The summed E-state index contributed by atoms with van der Waals surface area (Å²) >= 11 is 0. The molecular formula is C21H44O4S. The molecule has 4 nitrogen and oxygen atoms in total. The molecule has 0 radical (unpaired) electrons. The summed E-state index contributed by atoms with van der Waals surface area (Å²) in [6, 6.07) is 0. The van der Waals surface area contributed by atoms with Crippen LogP contribution in [0.5, 0.6) is 0 Å². The summed E-state index contributed by atoms with van der Waals surface area (Å²) < 4.78 is 31.3. The van der Waals surface area contributed by atoms with Crippen molar-refractivity contribution in [2.24, 2.45) is 0 Å². The Balaban J connectivity index is 3.32. The first kappa shape index (κ1) is 25.9. The quantitative estimate of drug-likeness (QED) is 0.200. The molecule has 0 bridgehead atoms. The Bertz CT molecular complexity index is 395. The van der Waals surface area contributed by atoms with Crippen LogP contribution in [0.3, 0.4) is 0 Å². The van der Waals surface area contributed by atoms with Gasteiger partial charge in [0.25, 0.3) is 10.1 Å². The van der Waals surface area contributed by atoms with Gasteiger partial charge >= 0.3 is 0 Å². The highest BCUT2D eigenvalue weighted by Gasteiger charge is 2.19. The van der Waals surface area contributed by atoms with Crippen molar-refractivity contribution in [3.63, 3.8) is 0 Å². The van der Waals surface area contributed by atoms with Gasteiger partial charge in [0.15, 0.2) is 0 Å². The molecule has 0 aromatic rings. The van der Waals surface area contributed by atoms with E-state index in [2.05, 4.69) is 6.92 Å². The minimum atomic E-state index is -3.85. The molecule has 26 heavy (non-hydrogen) atoms. The summed E-state index contributed by atoms with van der Waals surface area (Å²) in [4.78, 5) is 0. The van der Waals surface area contributed by atoms with Gasteiger partial charge in [-0.2, -0.15) is 8.42 Å². The Labute approximate surface area is 162 Å². The summed E-state index contributed by atoms with van der Waals surface area (Å²) in [5, 5.41) is 9.29. The lowest BCUT2D eigenvalue weighted by atomic mass is 10.0. The second-order valence-corrected chi connectivity index (χ2v) is 9.50. The largest absolute Gasteiger partial charge is 0.393 e. The van der Waals surface area contributed by atoms with Crippen molar-refractivity contribution < 1.29 is 18.1 Å². The zero-order valence-corrected chi connectivity index (χ0v) is 18.1. The standard InChI is InChI=1S/C21H44O4S/c1-3-5-14-17-20(22)18-15-12-10-8-6-7-9-11-13-16-19-21(4-2)26(23,24)25/h20-22H,3-19H2,1-2H3,(H,23,24,25). The molecular weight excluding hydrogens is 348 g/mol. The van der Waals surface area contributed by atoms with E-state index in [4.69, 9.17) is 4.55 Å². The van der Waals surface area contributed by atoms with Gasteiger partial charge in [-0.1, -0.05) is 97.3 Å². The van der Waals surface area contributed by atoms with E-state index < -0.39 is 15.4 Å². The Morgan fingerprint density at radius 3 is 1.42 bits per heavy atom. The first-order valence-electron chi connectivity index (χ1n) is 11.1. The molecule has 0 rings (SSSR count). The van der Waals surface area contributed by atoms with Gasteiger partial charge in [-0.3, -0.25) is 4.55 Å². The van der Waals surface area contributed by atoms with Crippen LogP contribution in [-0.4, -0.2) is 29.4 Å². The molecule has 2 atom stereocenters. The fourth-order valence-corrected chi connectivity index (χ4v) is 4.39. The van der Waals surface area contributed by atoms with Crippen molar-refractivity contribution in [2.75, 3.05) is 0 Å². The minimum absolute atomic E-state index is 0.0883. The second kappa shape index (κ2) is 17.0. The van der Waals surface area contributed by atoms with Gasteiger partial charge < -0.3 is 5.11 Å². The third kappa shape index (κ3) is 16.1. The number of aliphatic hydroxyl groups excluding tert-OH is 1. The van der Waals surface area contributed by atoms with Crippen LogP contribution in [-0.2, 0) is 10.1 Å². The van der Waals surface area contributed by atoms with Crippen LogP contribution in [0.2, 0.25) is 0 Å². The Morgan fingerprint density at radius 1 is 0.654 bits per heavy atom. The van der Waals surface area contributed by atoms with E-state index in [0.717, 1.165) is 44.9 Å². The Morgan fingerprint density at radius 2 is 1.04 bits per heavy atom. The summed E-state index contributed by atoms with van der Waals surface area (Å²) in [7, 11) is -3.85. The normalized spacial score (nSPS) is 14.5. The average molecular weight is 393 g/mol. The molecule has 158 valence electrons. The van der Waals surface area contributed by atoms with Gasteiger partial charge in [0, 0.05) is 0 Å². The van der Waals surface area contributed by atoms with E-state index in [1.165, 1.54) is 51.4 Å².